The Balaban J connectivity index is 1.93. The normalized spacial score (nSPS) is 10.8. The topological polar surface area (TPSA) is 51.8 Å². The Morgan fingerprint density at radius 3 is 2.60 bits per heavy atom. The van der Waals surface area contributed by atoms with E-state index in [0.717, 1.165) is 21.7 Å². The van der Waals surface area contributed by atoms with Gasteiger partial charge in [0, 0.05) is 11.1 Å². The third-order valence-corrected chi connectivity index (χ3v) is 4.25. The van der Waals surface area contributed by atoms with Crippen molar-refractivity contribution >= 4 is 28.6 Å². The average Bonchev–Trinajstić information content (AvgIpc) is 2.46. The molecule has 0 unspecified atom stereocenters. The molecule has 3 nitrogen and oxygen atoms in total. The molecule has 0 atom stereocenters. The lowest BCUT2D eigenvalue weighted by molar-refractivity contribution is 1.11. The molecule has 3 rings (SSSR count). The van der Waals surface area contributed by atoms with E-state index in [4.69, 9.17) is 5.73 Å². The number of thioether (sulfide) groups is 1. The second-order valence-corrected chi connectivity index (χ2v) is 5.58. The van der Waals surface area contributed by atoms with Gasteiger partial charge in [-0.2, -0.15) is 0 Å². The lowest BCUT2D eigenvalue weighted by Crippen LogP contribution is -1.97. The van der Waals surface area contributed by atoms with E-state index in [1.54, 1.807) is 11.8 Å². The highest BCUT2D eigenvalue weighted by molar-refractivity contribution is 7.98. The van der Waals surface area contributed by atoms with Gasteiger partial charge < -0.3 is 5.73 Å². The summed E-state index contributed by atoms with van der Waals surface area (Å²) in [6, 6.07) is 16.4. The molecule has 0 aliphatic heterocycles. The number of anilines is 1. The lowest BCUT2D eigenvalue weighted by atomic mass is 10.1. The van der Waals surface area contributed by atoms with Crippen LogP contribution in [0.3, 0.4) is 0 Å². The van der Waals surface area contributed by atoms with Gasteiger partial charge in [-0.15, -0.1) is 11.8 Å². The number of hydrogen-bond donors (Lipinski definition) is 1. The summed E-state index contributed by atoms with van der Waals surface area (Å²) in [6.07, 6.45) is 0. The molecule has 0 aliphatic carbocycles. The van der Waals surface area contributed by atoms with Gasteiger partial charge in [0.1, 0.15) is 5.03 Å². The molecule has 100 valence electrons. The third-order valence-electron chi connectivity index (χ3n) is 3.21. The molecule has 1 heterocycles. The molecule has 0 amide bonds. The molecular weight excluding hydrogens is 266 g/mol. The SMILES string of the molecule is Cc1ccccc1CSc1nc(N)nc2ccccc12. The molecule has 3 aromatic rings. The fourth-order valence-electron chi connectivity index (χ4n) is 2.09. The summed E-state index contributed by atoms with van der Waals surface area (Å²) < 4.78 is 0. The molecule has 0 aliphatic rings. The Kier molecular flexibility index (Phi) is 3.56. The van der Waals surface area contributed by atoms with Crippen LogP contribution in [0.4, 0.5) is 5.95 Å². The van der Waals surface area contributed by atoms with E-state index in [1.807, 2.05) is 24.3 Å². The van der Waals surface area contributed by atoms with Crippen molar-refractivity contribution in [2.75, 3.05) is 5.73 Å². The van der Waals surface area contributed by atoms with Crippen LogP contribution >= 0.6 is 11.8 Å². The number of nitrogens with two attached hydrogens (primary N) is 1. The third kappa shape index (κ3) is 2.60. The maximum absolute atomic E-state index is 5.79. The van der Waals surface area contributed by atoms with Crippen molar-refractivity contribution in [1.29, 1.82) is 0 Å². The van der Waals surface area contributed by atoms with Gasteiger partial charge in [0.25, 0.3) is 0 Å². The number of nitrogens with zero attached hydrogens (tertiary/aromatic N) is 2. The van der Waals surface area contributed by atoms with Gasteiger partial charge in [0.2, 0.25) is 5.95 Å². The van der Waals surface area contributed by atoms with Crippen LogP contribution in [-0.4, -0.2) is 9.97 Å². The highest BCUT2D eigenvalue weighted by atomic mass is 32.2. The predicted octanol–water partition coefficient (Wildman–Crippen LogP) is 3.81. The molecule has 0 spiro atoms. The molecule has 0 saturated carbocycles. The van der Waals surface area contributed by atoms with Crippen molar-refractivity contribution < 1.29 is 0 Å². The molecule has 0 saturated heterocycles. The van der Waals surface area contributed by atoms with E-state index in [1.165, 1.54) is 11.1 Å². The van der Waals surface area contributed by atoms with Gasteiger partial charge in [-0.05, 0) is 24.1 Å². The van der Waals surface area contributed by atoms with Crippen LogP contribution in [-0.2, 0) is 5.75 Å². The van der Waals surface area contributed by atoms with Crippen molar-refractivity contribution in [3.05, 3.63) is 59.7 Å². The highest BCUT2D eigenvalue weighted by Gasteiger charge is 2.07. The molecule has 2 N–H and O–H groups in total. The Hall–Kier alpha value is -2.07. The minimum absolute atomic E-state index is 0.330. The lowest BCUT2D eigenvalue weighted by Gasteiger charge is -2.08. The zero-order chi connectivity index (χ0) is 13.9. The smallest absolute Gasteiger partial charge is 0.221 e. The summed E-state index contributed by atoms with van der Waals surface area (Å²) in [5, 5.41) is 2.00. The predicted molar refractivity (Wildman–Crippen MR) is 84.7 cm³/mol. The Morgan fingerprint density at radius 1 is 1.00 bits per heavy atom. The molecule has 0 bridgehead atoms. The number of nitrogen functional groups attached to an aromatic ring is 1. The van der Waals surface area contributed by atoms with Gasteiger partial charge in [0.15, 0.2) is 0 Å². The zero-order valence-corrected chi connectivity index (χ0v) is 12.0. The number of para-hydroxylation sites is 1. The van der Waals surface area contributed by atoms with Gasteiger partial charge in [0.05, 0.1) is 5.52 Å². The van der Waals surface area contributed by atoms with Gasteiger partial charge >= 0.3 is 0 Å². The molecule has 0 fully saturated rings. The molecule has 20 heavy (non-hydrogen) atoms. The minimum Gasteiger partial charge on any atom is -0.368 e. The van der Waals surface area contributed by atoms with Crippen LogP contribution in [0.25, 0.3) is 10.9 Å². The van der Waals surface area contributed by atoms with Crippen LogP contribution in [0.1, 0.15) is 11.1 Å². The molecular formula is C16H15N3S. The number of benzene rings is 2. The van der Waals surface area contributed by atoms with Crippen molar-refractivity contribution in [1.82, 2.24) is 9.97 Å². The van der Waals surface area contributed by atoms with E-state index >= 15 is 0 Å². The maximum atomic E-state index is 5.79. The first-order valence-electron chi connectivity index (χ1n) is 6.43. The summed E-state index contributed by atoms with van der Waals surface area (Å²) in [6.45, 7) is 2.13. The summed E-state index contributed by atoms with van der Waals surface area (Å²) in [7, 11) is 0. The number of fused-ring (bicyclic) bond motifs is 1. The van der Waals surface area contributed by atoms with E-state index in [-0.39, 0.29) is 0 Å². The summed E-state index contributed by atoms with van der Waals surface area (Å²) in [5.74, 6) is 1.21. The minimum atomic E-state index is 0.330. The van der Waals surface area contributed by atoms with Crippen molar-refractivity contribution in [2.45, 2.75) is 17.7 Å². The number of aryl methyl sites for hydroxylation is 1. The Bertz CT molecular complexity index is 756. The number of rotatable bonds is 3. The van der Waals surface area contributed by atoms with Crippen LogP contribution < -0.4 is 5.73 Å². The molecule has 4 heteroatoms. The Morgan fingerprint density at radius 2 is 1.75 bits per heavy atom. The van der Waals surface area contributed by atoms with Crippen molar-refractivity contribution in [2.24, 2.45) is 0 Å². The van der Waals surface area contributed by atoms with Gasteiger partial charge in [-0.1, -0.05) is 42.5 Å². The van der Waals surface area contributed by atoms with E-state index in [9.17, 15) is 0 Å². The second-order valence-electron chi connectivity index (χ2n) is 4.62. The van der Waals surface area contributed by atoms with Crippen LogP contribution in [0, 0.1) is 6.92 Å². The fourth-order valence-corrected chi connectivity index (χ4v) is 3.20. The van der Waals surface area contributed by atoms with Gasteiger partial charge in [-0.3, -0.25) is 0 Å². The summed E-state index contributed by atoms with van der Waals surface area (Å²) in [5.41, 5.74) is 9.30. The van der Waals surface area contributed by atoms with E-state index < -0.39 is 0 Å². The van der Waals surface area contributed by atoms with Gasteiger partial charge in [-0.25, -0.2) is 9.97 Å². The van der Waals surface area contributed by atoms with Crippen LogP contribution in [0.2, 0.25) is 0 Å². The number of hydrogen-bond acceptors (Lipinski definition) is 4. The molecule has 0 radical (unpaired) electrons. The second kappa shape index (κ2) is 5.51. The summed E-state index contributed by atoms with van der Waals surface area (Å²) in [4.78, 5) is 8.64. The fraction of sp³-hybridized carbons (Fsp3) is 0.125. The van der Waals surface area contributed by atoms with Crippen LogP contribution in [0.15, 0.2) is 53.6 Å². The standard InChI is InChI=1S/C16H15N3S/c1-11-6-2-3-7-12(11)10-20-15-13-8-4-5-9-14(13)18-16(17)19-15/h2-9H,10H2,1H3,(H2,17,18,19). The maximum Gasteiger partial charge on any atom is 0.221 e. The molecule has 1 aromatic heterocycles. The van der Waals surface area contributed by atoms with E-state index in [0.29, 0.717) is 5.95 Å². The highest BCUT2D eigenvalue weighted by Crippen LogP contribution is 2.29. The van der Waals surface area contributed by atoms with Crippen LogP contribution in [0.5, 0.6) is 0 Å². The molecule has 2 aromatic carbocycles. The first-order chi connectivity index (χ1) is 9.74. The van der Waals surface area contributed by atoms with Crippen molar-refractivity contribution in [3.63, 3.8) is 0 Å². The average molecular weight is 281 g/mol. The van der Waals surface area contributed by atoms with Crippen molar-refractivity contribution in [3.8, 4) is 0 Å². The first-order valence-corrected chi connectivity index (χ1v) is 7.42. The Labute approximate surface area is 122 Å². The monoisotopic (exact) mass is 281 g/mol. The zero-order valence-electron chi connectivity index (χ0n) is 11.2. The first kappa shape index (κ1) is 12.9. The summed E-state index contributed by atoms with van der Waals surface area (Å²) >= 11 is 1.70. The quantitative estimate of drug-likeness (QED) is 0.586. The van der Waals surface area contributed by atoms with E-state index in [2.05, 4.69) is 41.2 Å². The number of aromatic nitrogens is 2. The largest absolute Gasteiger partial charge is 0.368 e.